The van der Waals surface area contributed by atoms with Gasteiger partial charge in [0.2, 0.25) is 11.8 Å². The summed E-state index contributed by atoms with van der Waals surface area (Å²) in [5.74, 6) is -0.597. The largest absolute Gasteiger partial charge is 0.466 e. The smallest absolute Gasteiger partial charge is 0.306 e. The predicted molar refractivity (Wildman–Crippen MR) is 73.9 cm³/mol. The summed E-state index contributed by atoms with van der Waals surface area (Å²) in [7, 11) is 0. The van der Waals surface area contributed by atoms with Crippen molar-refractivity contribution >= 4 is 17.8 Å². The summed E-state index contributed by atoms with van der Waals surface area (Å²) in [6.45, 7) is 9.16. The number of rotatable bonds is 5. The van der Waals surface area contributed by atoms with E-state index in [0.717, 1.165) is 0 Å². The van der Waals surface area contributed by atoms with E-state index in [1.165, 1.54) is 0 Å². The first-order chi connectivity index (χ1) is 9.34. The number of carbonyl (C=O) groups excluding carboxylic acids is 3. The molecular formula is C14H24N2O4. The Kier molecular flexibility index (Phi) is 5.53. The normalized spacial score (nSPS) is 18.1. The van der Waals surface area contributed by atoms with Crippen molar-refractivity contribution in [2.75, 3.05) is 26.2 Å². The maximum atomic E-state index is 12.3. The van der Waals surface area contributed by atoms with Crippen molar-refractivity contribution in [2.45, 2.75) is 46.1 Å². The molecule has 1 fully saturated rings. The van der Waals surface area contributed by atoms with Gasteiger partial charge in [0.15, 0.2) is 0 Å². The molecule has 1 saturated heterocycles. The third-order valence-electron chi connectivity index (χ3n) is 3.61. The first-order valence-electron chi connectivity index (χ1n) is 7.10. The third kappa shape index (κ3) is 3.49. The van der Waals surface area contributed by atoms with E-state index >= 15 is 0 Å². The standard InChI is InChI=1S/C14H24N2O4/c1-5-15-9-10-16(14(3,4)13(15)19)11(17)7-8-12(18)20-6-2/h5-10H2,1-4H3. The summed E-state index contributed by atoms with van der Waals surface area (Å²) >= 11 is 0. The zero-order chi connectivity index (χ0) is 15.3. The van der Waals surface area contributed by atoms with E-state index in [0.29, 0.717) is 26.2 Å². The SMILES string of the molecule is CCOC(=O)CCC(=O)N1CCN(CC)C(=O)C1(C)C. The topological polar surface area (TPSA) is 66.9 Å². The highest BCUT2D eigenvalue weighted by Gasteiger charge is 2.43. The summed E-state index contributed by atoms with van der Waals surface area (Å²) in [4.78, 5) is 39.1. The fourth-order valence-corrected chi connectivity index (χ4v) is 2.42. The Morgan fingerprint density at radius 3 is 2.40 bits per heavy atom. The van der Waals surface area contributed by atoms with Gasteiger partial charge in [-0.25, -0.2) is 0 Å². The molecule has 0 unspecified atom stereocenters. The van der Waals surface area contributed by atoms with Crippen LogP contribution in [0.3, 0.4) is 0 Å². The minimum Gasteiger partial charge on any atom is -0.466 e. The molecule has 0 radical (unpaired) electrons. The second kappa shape index (κ2) is 6.72. The minimum absolute atomic E-state index is 0.0456. The van der Waals surface area contributed by atoms with Crippen molar-refractivity contribution in [1.82, 2.24) is 9.80 Å². The molecule has 0 aromatic carbocycles. The van der Waals surface area contributed by atoms with E-state index in [1.54, 1.807) is 30.6 Å². The molecule has 0 aromatic rings. The fourth-order valence-electron chi connectivity index (χ4n) is 2.42. The molecule has 6 heteroatoms. The average molecular weight is 284 g/mol. The van der Waals surface area contributed by atoms with Crippen LogP contribution in [0.5, 0.6) is 0 Å². The molecule has 1 aliphatic heterocycles. The van der Waals surface area contributed by atoms with Gasteiger partial charge in [-0.15, -0.1) is 0 Å². The van der Waals surface area contributed by atoms with Crippen molar-refractivity contribution in [3.05, 3.63) is 0 Å². The molecule has 0 aromatic heterocycles. The van der Waals surface area contributed by atoms with Crippen molar-refractivity contribution in [3.63, 3.8) is 0 Å². The van der Waals surface area contributed by atoms with Gasteiger partial charge in [-0.05, 0) is 27.7 Å². The number of esters is 1. The first-order valence-corrected chi connectivity index (χ1v) is 7.10. The maximum Gasteiger partial charge on any atom is 0.306 e. The zero-order valence-corrected chi connectivity index (χ0v) is 12.8. The van der Waals surface area contributed by atoms with Crippen LogP contribution in [-0.4, -0.2) is 59.4 Å². The van der Waals surface area contributed by atoms with Crippen molar-refractivity contribution in [1.29, 1.82) is 0 Å². The van der Waals surface area contributed by atoms with Gasteiger partial charge in [0.05, 0.1) is 13.0 Å². The highest BCUT2D eigenvalue weighted by Crippen LogP contribution is 2.23. The van der Waals surface area contributed by atoms with Crippen LogP contribution in [-0.2, 0) is 19.1 Å². The van der Waals surface area contributed by atoms with Crippen LogP contribution in [0.15, 0.2) is 0 Å². The number of likely N-dealkylation sites (N-methyl/N-ethyl adjacent to an activating group) is 1. The molecule has 6 nitrogen and oxygen atoms in total. The molecule has 2 amide bonds. The Hall–Kier alpha value is -1.59. The summed E-state index contributed by atoms with van der Waals surface area (Å²) in [6, 6.07) is 0. The molecule has 114 valence electrons. The quantitative estimate of drug-likeness (QED) is 0.700. The summed E-state index contributed by atoms with van der Waals surface area (Å²) in [5, 5.41) is 0. The molecule has 0 aliphatic carbocycles. The number of carbonyl (C=O) groups is 3. The van der Waals surface area contributed by atoms with Crippen molar-refractivity contribution in [3.8, 4) is 0 Å². The molecule has 0 bridgehead atoms. The van der Waals surface area contributed by atoms with Crippen molar-refractivity contribution < 1.29 is 19.1 Å². The number of amides is 2. The van der Waals surface area contributed by atoms with Crippen LogP contribution in [0.4, 0.5) is 0 Å². The van der Waals surface area contributed by atoms with Gasteiger partial charge in [-0.1, -0.05) is 0 Å². The van der Waals surface area contributed by atoms with E-state index in [2.05, 4.69) is 0 Å². The number of ether oxygens (including phenoxy) is 1. The highest BCUT2D eigenvalue weighted by atomic mass is 16.5. The van der Waals surface area contributed by atoms with Crippen LogP contribution in [0.25, 0.3) is 0 Å². The van der Waals surface area contributed by atoms with E-state index in [4.69, 9.17) is 4.74 Å². The second-order valence-corrected chi connectivity index (χ2v) is 5.29. The van der Waals surface area contributed by atoms with Gasteiger partial charge in [0.1, 0.15) is 5.54 Å². The number of piperazine rings is 1. The second-order valence-electron chi connectivity index (χ2n) is 5.29. The fraction of sp³-hybridized carbons (Fsp3) is 0.786. The number of hydrogen-bond acceptors (Lipinski definition) is 4. The van der Waals surface area contributed by atoms with Crippen molar-refractivity contribution in [2.24, 2.45) is 0 Å². The van der Waals surface area contributed by atoms with Gasteiger partial charge in [0, 0.05) is 26.1 Å². The van der Waals surface area contributed by atoms with Gasteiger partial charge < -0.3 is 14.5 Å². The van der Waals surface area contributed by atoms with E-state index in [1.807, 2.05) is 6.92 Å². The lowest BCUT2D eigenvalue weighted by atomic mass is 9.96. The minimum atomic E-state index is -0.847. The Morgan fingerprint density at radius 2 is 1.85 bits per heavy atom. The first kappa shape index (κ1) is 16.5. The molecule has 20 heavy (non-hydrogen) atoms. The van der Waals surface area contributed by atoms with Gasteiger partial charge in [-0.2, -0.15) is 0 Å². The summed E-state index contributed by atoms with van der Waals surface area (Å²) in [6.07, 6.45) is 0.145. The van der Waals surface area contributed by atoms with E-state index in [-0.39, 0.29) is 30.6 Å². The van der Waals surface area contributed by atoms with Gasteiger partial charge in [-0.3, -0.25) is 14.4 Å². The molecule has 0 N–H and O–H groups in total. The lowest BCUT2D eigenvalue weighted by Crippen LogP contribution is -2.64. The highest BCUT2D eigenvalue weighted by molar-refractivity contribution is 5.92. The Morgan fingerprint density at radius 1 is 1.20 bits per heavy atom. The van der Waals surface area contributed by atoms with Crippen LogP contribution in [0, 0.1) is 0 Å². The van der Waals surface area contributed by atoms with Crippen LogP contribution in [0.2, 0.25) is 0 Å². The van der Waals surface area contributed by atoms with Gasteiger partial charge in [0.25, 0.3) is 0 Å². The Labute approximate surface area is 120 Å². The molecule has 1 aliphatic rings. The van der Waals surface area contributed by atoms with E-state index < -0.39 is 5.54 Å². The molecule has 0 saturated carbocycles. The molecule has 1 rings (SSSR count). The van der Waals surface area contributed by atoms with Crippen LogP contribution >= 0.6 is 0 Å². The average Bonchev–Trinajstić information content (AvgIpc) is 2.39. The van der Waals surface area contributed by atoms with E-state index in [9.17, 15) is 14.4 Å². The molecular weight excluding hydrogens is 260 g/mol. The summed E-state index contributed by atoms with van der Waals surface area (Å²) in [5.41, 5.74) is -0.847. The molecule has 0 atom stereocenters. The number of nitrogens with zero attached hydrogens (tertiary/aromatic N) is 2. The lowest BCUT2D eigenvalue weighted by Gasteiger charge is -2.45. The summed E-state index contributed by atoms with van der Waals surface area (Å²) < 4.78 is 4.80. The van der Waals surface area contributed by atoms with Crippen LogP contribution in [0.1, 0.15) is 40.5 Å². The maximum absolute atomic E-state index is 12.3. The molecule has 1 heterocycles. The lowest BCUT2D eigenvalue weighted by molar-refractivity contribution is -0.159. The Balaban J connectivity index is 2.64. The molecule has 0 spiro atoms. The van der Waals surface area contributed by atoms with Crippen LogP contribution < -0.4 is 0 Å². The zero-order valence-electron chi connectivity index (χ0n) is 12.8. The number of hydrogen-bond donors (Lipinski definition) is 0. The monoisotopic (exact) mass is 284 g/mol. The predicted octanol–water partition coefficient (Wildman–Crippen LogP) is 0.799. The Bertz CT molecular complexity index is 393. The van der Waals surface area contributed by atoms with Gasteiger partial charge >= 0.3 is 5.97 Å². The third-order valence-corrected chi connectivity index (χ3v) is 3.61.